The van der Waals surface area contributed by atoms with Gasteiger partial charge in [-0.05, 0) is 109 Å². The molecule has 0 unspecified atom stereocenters. The van der Waals surface area contributed by atoms with Crippen LogP contribution in [0.15, 0.2) is 59.4 Å². The summed E-state index contributed by atoms with van der Waals surface area (Å²) >= 11 is 0. The van der Waals surface area contributed by atoms with E-state index in [9.17, 15) is 60.6 Å². The number of benzene rings is 2. The first-order valence-corrected chi connectivity index (χ1v) is 26.5. The number of nitro benzene ring substituents is 2. The molecule has 14 atom stereocenters. The lowest BCUT2D eigenvalue weighted by Gasteiger charge is -2.71. The number of carbonyl (C=O) groups is 2. The Balaban J connectivity index is 1.06. The molecule has 0 radical (unpaired) electrons. The van der Waals surface area contributed by atoms with Crippen LogP contribution in [0.3, 0.4) is 0 Å². The number of nitro groups is 2. The van der Waals surface area contributed by atoms with Gasteiger partial charge in [0.05, 0.1) is 47.0 Å². The number of anilines is 1. The Morgan fingerprint density at radius 3 is 2.20 bits per heavy atom. The van der Waals surface area contributed by atoms with Crippen molar-refractivity contribution in [3.8, 4) is 5.75 Å². The van der Waals surface area contributed by atoms with Crippen LogP contribution in [-0.2, 0) is 30.2 Å². The van der Waals surface area contributed by atoms with Crippen molar-refractivity contribution in [3.63, 3.8) is 0 Å². The molecule has 418 valence electrons. The Bertz CT molecular complexity index is 2600. The van der Waals surface area contributed by atoms with E-state index in [4.69, 9.17) is 19.0 Å². The van der Waals surface area contributed by atoms with Gasteiger partial charge in [-0.15, -0.1) is 5.01 Å². The number of hydrogen-bond acceptors (Lipinski definition) is 18. The summed E-state index contributed by atoms with van der Waals surface area (Å²) in [5.41, 5.74) is -2.22. The SMILES string of the molecule is CN(CCO)/[N+]([O-])=N/Oc1cc(N[C@@H](Cc2ccccc2)C(=O)O[C@H]2CC[C@]3(C)[C@H]4CC=C5[C@@H]6CC(C)(C)CC[C@]6(C(=O)O[C@@H]6O[C@H](CO)[C@H](O)[C@H](O)[C@H]6O)CC[C@@]5(C)[C@]4(C)CC[C@H]3C2(C)C)c([N+](=O)[O-])cc1[N+](=O)[O-]. The highest BCUT2D eigenvalue weighted by Crippen LogP contribution is 2.76. The van der Waals surface area contributed by atoms with Crippen LogP contribution in [0.4, 0.5) is 17.1 Å². The molecule has 76 heavy (non-hydrogen) atoms. The van der Waals surface area contributed by atoms with Gasteiger partial charge < -0.3 is 50.3 Å². The Morgan fingerprint density at radius 2 is 1.54 bits per heavy atom. The molecule has 0 amide bonds. The van der Waals surface area contributed by atoms with Gasteiger partial charge in [0.15, 0.2) is 0 Å². The van der Waals surface area contributed by atoms with Crippen LogP contribution in [0, 0.1) is 75.7 Å². The smallest absolute Gasteiger partial charge is 0.329 e. The molecule has 8 rings (SSSR count). The first kappa shape index (κ1) is 56.7. The number of ether oxygens (including phenoxy) is 3. The summed E-state index contributed by atoms with van der Waals surface area (Å²) < 4.78 is 18.3. The summed E-state index contributed by atoms with van der Waals surface area (Å²) in [6, 6.07) is 9.34. The number of nitrogens with one attached hydrogen (secondary N) is 1. The van der Waals surface area contributed by atoms with Crippen LogP contribution in [0.1, 0.15) is 118 Å². The van der Waals surface area contributed by atoms with E-state index in [1.54, 1.807) is 30.3 Å². The molecular formula is C54H76N6O16. The number of esters is 2. The Morgan fingerprint density at radius 1 is 0.855 bits per heavy atom. The number of aliphatic hydroxyl groups is 5. The molecule has 4 saturated carbocycles. The highest BCUT2D eigenvalue weighted by atomic mass is 16.7. The second-order valence-electron chi connectivity index (χ2n) is 24.5. The maximum Gasteiger partial charge on any atom is 0.329 e. The molecule has 0 spiro atoms. The first-order chi connectivity index (χ1) is 35.7. The lowest BCUT2D eigenvalue weighted by molar-refractivity contribution is -0.701. The van der Waals surface area contributed by atoms with E-state index in [1.165, 1.54) is 12.6 Å². The molecule has 2 aromatic carbocycles. The van der Waals surface area contributed by atoms with E-state index in [0.29, 0.717) is 37.3 Å². The number of carbonyl (C=O) groups excluding carboxylic acids is 2. The monoisotopic (exact) mass is 1060 g/mol. The maximum absolute atomic E-state index is 14.8. The van der Waals surface area contributed by atoms with Gasteiger partial charge in [0.2, 0.25) is 17.3 Å². The van der Waals surface area contributed by atoms with Gasteiger partial charge in [-0.1, -0.05) is 90.4 Å². The molecule has 0 bridgehead atoms. The third kappa shape index (κ3) is 9.90. The standard InChI is InChI=1S/C54H76N6O16/c1-49(2)20-22-54(48(67)75-47-45(65)44(64)43(63)39(30-62)73-47)23-21-52(6)32(33(54)29-49)14-15-41-51(5)18-17-42(50(3,4)40(51)16-19-53(41,52)7)74-46(66)35(26-31-12-10-9-11-13-31)55-34-27-38(76-56-60(72)57(8)24-25-61)37(59(70)71)28-36(34)58(68)69/h9-14,27-28,33,35,39-45,47,55,61-65H,15-26,29-30H2,1-8H3/b60-56-/t33-,35-,39+,40-,41+,42-,43-,44-,45+,47-,51-,52+,53+,54-/m0/s1. The quantitative estimate of drug-likeness (QED) is 0.0255. The second kappa shape index (κ2) is 21.0. The van der Waals surface area contributed by atoms with Crippen molar-refractivity contribution in [3.05, 3.63) is 85.1 Å². The van der Waals surface area contributed by atoms with Crippen molar-refractivity contribution in [2.24, 2.45) is 55.5 Å². The summed E-state index contributed by atoms with van der Waals surface area (Å²) in [6.07, 6.45) is 1.15. The maximum atomic E-state index is 14.8. The van der Waals surface area contributed by atoms with Crippen LogP contribution in [-0.4, -0.2) is 127 Å². The predicted molar refractivity (Wildman–Crippen MR) is 272 cm³/mol. The van der Waals surface area contributed by atoms with Crippen molar-refractivity contribution in [2.45, 2.75) is 162 Å². The molecule has 5 aliphatic carbocycles. The van der Waals surface area contributed by atoms with E-state index in [-0.39, 0.29) is 63.0 Å². The molecule has 22 heteroatoms. The van der Waals surface area contributed by atoms with Crippen molar-refractivity contribution in [1.29, 1.82) is 0 Å². The van der Waals surface area contributed by atoms with Gasteiger partial charge in [0.1, 0.15) is 48.3 Å². The minimum Gasteiger partial charge on any atom is -0.569 e. The molecular weight excluding hydrogens is 989 g/mol. The van der Waals surface area contributed by atoms with E-state index < -0.39 is 106 Å². The number of aliphatic hydroxyl groups excluding tert-OH is 5. The third-order valence-electron chi connectivity index (χ3n) is 19.6. The van der Waals surface area contributed by atoms with Crippen molar-refractivity contribution in [1.82, 2.24) is 5.01 Å². The van der Waals surface area contributed by atoms with Crippen LogP contribution in [0.25, 0.3) is 0 Å². The summed E-state index contributed by atoms with van der Waals surface area (Å²) in [4.78, 5) is 57.5. The Kier molecular flexibility index (Phi) is 15.7. The van der Waals surface area contributed by atoms with Crippen LogP contribution in [0.5, 0.6) is 5.75 Å². The fourth-order valence-electron chi connectivity index (χ4n) is 15.0. The minimum absolute atomic E-state index is 0.0155. The highest BCUT2D eigenvalue weighted by Gasteiger charge is 2.70. The molecule has 2 aromatic rings. The van der Waals surface area contributed by atoms with Gasteiger partial charge in [0, 0.05) is 17.9 Å². The predicted octanol–water partition coefficient (Wildman–Crippen LogP) is 6.68. The number of allylic oxidation sites excluding steroid dienone is 2. The average molecular weight is 1070 g/mol. The van der Waals surface area contributed by atoms with Gasteiger partial charge in [-0.3, -0.25) is 29.9 Å². The minimum atomic E-state index is -1.71. The summed E-state index contributed by atoms with van der Waals surface area (Å²) in [6.45, 7) is 14.7. The fraction of sp³-hybridized carbons (Fsp3) is 0.704. The van der Waals surface area contributed by atoms with Gasteiger partial charge in [0.25, 0.3) is 5.69 Å². The number of fused-ring (bicyclic) bond motifs is 7. The molecule has 22 nitrogen and oxygen atoms in total. The molecule has 6 aliphatic rings. The molecule has 0 aromatic heterocycles. The fourth-order valence-corrected chi connectivity index (χ4v) is 15.0. The molecule has 6 N–H and O–H groups in total. The van der Waals surface area contributed by atoms with Gasteiger partial charge in [-0.2, -0.15) is 0 Å². The number of hydrogen-bond donors (Lipinski definition) is 6. The van der Waals surface area contributed by atoms with E-state index >= 15 is 0 Å². The van der Waals surface area contributed by atoms with Crippen LogP contribution in [0.2, 0.25) is 0 Å². The zero-order chi connectivity index (χ0) is 55.5. The largest absolute Gasteiger partial charge is 0.569 e. The summed E-state index contributed by atoms with van der Waals surface area (Å²) in [5.74, 6) is -1.67. The lowest BCUT2D eigenvalue weighted by atomic mass is 9.33. The van der Waals surface area contributed by atoms with Crippen molar-refractivity contribution in [2.75, 3.05) is 32.1 Å². The van der Waals surface area contributed by atoms with Gasteiger partial charge >= 0.3 is 17.6 Å². The van der Waals surface area contributed by atoms with Crippen LogP contribution >= 0.6 is 0 Å². The second-order valence-corrected chi connectivity index (χ2v) is 24.5. The summed E-state index contributed by atoms with van der Waals surface area (Å²) in [7, 11) is 1.29. The number of likely N-dealkylation sites (N-methyl/N-ethyl adjacent to an activating group) is 1. The number of hydrazine groups is 1. The van der Waals surface area contributed by atoms with Gasteiger partial charge in [-0.25, -0.2) is 4.79 Å². The average Bonchev–Trinajstić information content (AvgIpc) is 3.53. The topological polar surface area (TPSA) is 312 Å². The molecule has 1 saturated heterocycles. The number of rotatable bonds is 16. The van der Waals surface area contributed by atoms with Crippen LogP contribution < -0.4 is 10.2 Å². The third-order valence-corrected chi connectivity index (χ3v) is 19.6. The van der Waals surface area contributed by atoms with Crippen molar-refractivity contribution >= 4 is 29.0 Å². The zero-order valence-electron chi connectivity index (χ0n) is 44.8. The lowest BCUT2D eigenvalue weighted by Crippen LogP contribution is -2.65. The zero-order valence-corrected chi connectivity index (χ0v) is 44.8. The van der Waals surface area contributed by atoms with Crippen molar-refractivity contribution < 1.29 is 69.0 Å². The van der Waals surface area contributed by atoms with E-state index in [0.717, 1.165) is 49.6 Å². The summed E-state index contributed by atoms with van der Waals surface area (Å²) in [5, 5.41) is 95.3. The Hall–Kier alpha value is -5.52. The number of nitrogens with zero attached hydrogens (tertiary/aromatic N) is 5. The highest BCUT2D eigenvalue weighted by molar-refractivity contribution is 5.82. The molecule has 1 heterocycles. The normalized spacial score (nSPS) is 35.8. The molecule has 1 aliphatic heterocycles. The Labute approximate surface area is 442 Å². The van der Waals surface area contributed by atoms with E-state index in [1.807, 2.05) is 0 Å². The first-order valence-electron chi connectivity index (χ1n) is 26.5. The van der Waals surface area contributed by atoms with E-state index in [2.05, 4.69) is 65.1 Å². The molecule has 5 fully saturated rings.